The zero-order valence-corrected chi connectivity index (χ0v) is 13.2. The molecule has 18 heavy (non-hydrogen) atoms. The van der Waals surface area contributed by atoms with Crippen molar-refractivity contribution in [3.05, 3.63) is 0 Å². The third kappa shape index (κ3) is 6.42. The highest BCUT2D eigenvalue weighted by molar-refractivity contribution is 5.78. The van der Waals surface area contributed by atoms with Crippen LogP contribution in [0.15, 0.2) is 0 Å². The lowest BCUT2D eigenvalue weighted by molar-refractivity contribution is -0.135. The van der Waals surface area contributed by atoms with Crippen molar-refractivity contribution >= 4 is 5.91 Å². The van der Waals surface area contributed by atoms with Gasteiger partial charge in [-0.15, -0.1) is 0 Å². The van der Waals surface area contributed by atoms with Crippen molar-refractivity contribution in [1.82, 2.24) is 4.90 Å². The van der Waals surface area contributed by atoms with E-state index in [1.54, 1.807) is 0 Å². The van der Waals surface area contributed by atoms with Gasteiger partial charge in [-0.25, -0.2) is 0 Å². The normalized spacial score (nSPS) is 12.8. The molecule has 0 heterocycles. The second-order valence-electron chi connectivity index (χ2n) is 5.56. The van der Waals surface area contributed by atoms with Crippen LogP contribution in [0.5, 0.6) is 0 Å². The van der Waals surface area contributed by atoms with Crippen molar-refractivity contribution in [2.75, 3.05) is 13.6 Å². The highest BCUT2D eigenvalue weighted by Crippen LogP contribution is 2.18. The molecule has 0 saturated carbocycles. The smallest absolute Gasteiger partial charge is 0.225 e. The monoisotopic (exact) mass is 255 g/mol. The lowest BCUT2D eigenvalue weighted by Crippen LogP contribution is -2.36. The molecule has 1 amide bonds. The number of carbonyl (C=O) groups is 1. The van der Waals surface area contributed by atoms with Gasteiger partial charge in [0.1, 0.15) is 0 Å². The molecule has 0 N–H and O–H groups in total. The second kappa shape index (κ2) is 10.4. The van der Waals surface area contributed by atoms with E-state index in [1.807, 2.05) is 11.9 Å². The molecule has 0 fully saturated rings. The number of nitrogens with zero attached hydrogens (tertiary/aromatic N) is 1. The maximum atomic E-state index is 12.4. The van der Waals surface area contributed by atoms with Crippen LogP contribution >= 0.6 is 0 Å². The Morgan fingerprint density at radius 3 is 1.83 bits per heavy atom. The van der Waals surface area contributed by atoms with Gasteiger partial charge in [-0.05, 0) is 25.2 Å². The van der Waals surface area contributed by atoms with E-state index in [2.05, 4.69) is 27.7 Å². The number of hydrogen-bond donors (Lipinski definition) is 0. The van der Waals surface area contributed by atoms with Crippen LogP contribution < -0.4 is 0 Å². The van der Waals surface area contributed by atoms with E-state index in [0.29, 0.717) is 11.8 Å². The lowest BCUT2D eigenvalue weighted by atomic mass is 9.95. The Bertz CT molecular complexity index is 209. The fraction of sp³-hybridized carbons (Fsp3) is 0.938. The largest absolute Gasteiger partial charge is 0.345 e. The molecule has 2 nitrogen and oxygen atoms in total. The quantitative estimate of drug-likeness (QED) is 0.563. The molecule has 0 spiro atoms. The Balaban J connectivity index is 4.35. The van der Waals surface area contributed by atoms with Crippen LogP contribution in [-0.4, -0.2) is 24.4 Å². The summed E-state index contributed by atoms with van der Waals surface area (Å²) >= 11 is 0. The van der Waals surface area contributed by atoms with Gasteiger partial charge in [-0.2, -0.15) is 0 Å². The number of carbonyl (C=O) groups excluding carboxylic acids is 1. The zero-order valence-electron chi connectivity index (χ0n) is 13.2. The van der Waals surface area contributed by atoms with E-state index in [9.17, 15) is 4.79 Å². The maximum Gasteiger partial charge on any atom is 0.225 e. The predicted octanol–water partition coefficient (Wildman–Crippen LogP) is 4.49. The predicted molar refractivity (Wildman–Crippen MR) is 79.6 cm³/mol. The van der Waals surface area contributed by atoms with Crippen LogP contribution in [0.4, 0.5) is 0 Å². The minimum atomic E-state index is 0.254. The maximum absolute atomic E-state index is 12.4. The Hall–Kier alpha value is -0.530. The standard InChI is InChI=1S/C16H33NO/c1-6-10-14(9-4)13-17(5)16(18)15(11-7-2)12-8-3/h14-15H,6-13H2,1-5H3. The van der Waals surface area contributed by atoms with Crippen LogP contribution in [0.25, 0.3) is 0 Å². The molecule has 0 bridgehead atoms. The second-order valence-corrected chi connectivity index (χ2v) is 5.56. The van der Waals surface area contributed by atoms with Crippen LogP contribution in [0.2, 0.25) is 0 Å². The molecule has 1 unspecified atom stereocenters. The Morgan fingerprint density at radius 1 is 0.944 bits per heavy atom. The van der Waals surface area contributed by atoms with Crippen molar-refractivity contribution < 1.29 is 4.79 Å². The van der Waals surface area contributed by atoms with E-state index in [4.69, 9.17) is 0 Å². The SMILES string of the molecule is CCCC(CC)CN(C)C(=O)C(CCC)CCC. The highest BCUT2D eigenvalue weighted by atomic mass is 16.2. The number of hydrogen-bond acceptors (Lipinski definition) is 1. The molecule has 2 heteroatoms. The molecule has 0 rings (SSSR count). The molecule has 0 aromatic heterocycles. The molecule has 0 aromatic rings. The third-order valence-corrected chi connectivity index (χ3v) is 3.81. The van der Waals surface area contributed by atoms with Gasteiger partial charge in [0.2, 0.25) is 5.91 Å². The first-order valence-corrected chi connectivity index (χ1v) is 7.85. The van der Waals surface area contributed by atoms with Crippen LogP contribution in [-0.2, 0) is 4.79 Å². The molecular weight excluding hydrogens is 222 g/mol. The summed E-state index contributed by atoms with van der Waals surface area (Å²) in [6, 6.07) is 0. The van der Waals surface area contributed by atoms with Crippen LogP contribution in [0.1, 0.15) is 72.6 Å². The van der Waals surface area contributed by atoms with Crippen LogP contribution in [0, 0.1) is 11.8 Å². The molecule has 0 radical (unpaired) electrons. The highest BCUT2D eigenvalue weighted by Gasteiger charge is 2.21. The Labute approximate surface area is 114 Å². The number of amides is 1. The average molecular weight is 255 g/mol. The summed E-state index contributed by atoms with van der Waals surface area (Å²) in [6.45, 7) is 9.73. The van der Waals surface area contributed by atoms with E-state index < -0.39 is 0 Å². The fourth-order valence-electron chi connectivity index (χ4n) is 2.71. The van der Waals surface area contributed by atoms with Crippen LogP contribution in [0.3, 0.4) is 0 Å². The molecule has 0 aliphatic rings. The van der Waals surface area contributed by atoms with Crippen molar-refractivity contribution in [3.63, 3.8) is 0 Å². The molecule has 0 aliphatic carbocycles. The van der Waals surface area contributed by atoms with Gasteiger partial charge >= 0.3 is 0 Å². The van der Waals surface area contributed by atoms with Crippen molar-refractivity contribution in [2.24, 2.45) is 11.8 Å². The third-order valence-electron chi connectivity index (χ3n) is 3.81. The first kappa shape index (κ1) is 17.5. The summed E-state index contributed by atoms with van der Waals surface area (Å²) in [5.74, 6) is 1.30. The van der Waals surface area contributed by atoms with Gasteiger partial charge in [0.15, 0.2) is 0 Å². The summed E-state index contributed by atoms with van der Waals surface area (Å²) in [5, 5.41) is 0. The molecule has 1 atom stereocenters. The first-order chi connectivity index (χ1) is 8.60. The average Bonchev–Trinajstić information content (AvgIpc) is 2.36. The van der Waals surface area contributed by atoms with Gasteiger partial charge in [0, 0.05) is 19.5 Å². The minimum absolute atomic E-state index is 0.254. The van der Waals surface area contributed by atoms with Gasteiger partial charge < -0.3 is 4.90 Å². The van der Waals surface area contributed by atoms with E-state index in [1.165, 1.54) is 19.3 Å². The van der Waals surface area contributed by atoms with E-state index >= 15 is 0 Å². The van der Waals surface area contributed by atoms with E-state index in [0.717, 1.165) is 32.2 Å². The number of rotatable bonds is 10. The molecule has 108 valence electrons. The lowest BCUT2D eigenvalue weighted by Gasteiger charge is -2.27. The summed E-state index contributed by atoms with van der Waals surface area (Å²) in [5.41, 5.74) is 0. The Kier molecular flexibility index (Phi) is 10.1. The van der Waals surface area contributed by atoms with Gasteiger partial charge in [0.05, 0.1) is 0 Å². The van der Waals surface area contributed by atoms with Gasteiger partial charge in [0.25, 0.3) is 0 Å². The molecule has 0 saturated heterocycles. The summed E-state index contributed by atoms with van der Waals surface area (Å²) < 4.78 is 0. The topological polar surface area (TPSA) is 20.3 Å². The van der Waals surface area contributed by atoms with Gasteiger partial charge in [-0.3, -0.25) is 4.79 Å². The zero-order chi connectivity index (χ0) is 14.0. The van der Waals surface area contributed by atoms with E-state index in [-0.39, 0.29) is 5.92 Å². The van der Waals surface area contributed by atoms with Crippen molar-refractivity contribution in [3.8, 4) is 0 Å². The van der Waals surface area contributed by atoms with Gasteiger partial charge in [-0.1, -0.05) is 53.4 Å². The molecular formula is C16H33NO. The van der Waals surface area contributed by atoms with Crippen molar-refractivity contribution in [2.45, 2.75) is 72.6 Å². The Morgan fingerprint density at radius 2 is 1.44 bits per heavy atom. The van der Waals surface area contributed by atoms with Crippen molar-refractivity contribution in [1.29, 1.82) is 0 Å². The first-order valence-electron chi connectivity index (χ1n) is 7.85. The summed E-state index contributed by atoms with van der Waals surface area (Å²) in [7, 11) is 1.99. The summed E-state index contributed by atoms with van der Waals surface area (Å²) in [6.07, 6.45) is 7.93. The minimum Gasteiger partial charge on any atom is -0.345 e. The fourth-order valence-corrected chi connectivity index (χ4v) is 2.71. The molecule has 0 aliphatic heterocycles. The molecule has 0 aromatic carbocycles. The summed E-state index contributed by atoms with van der Waals surface area (Å²) in [4.78, 5) is 14.4.